The van der Waals surface area contributed by atoms with Crippen molar-refractivity contribution in [3.8, 4) is 5.75 Å². The van der Waals surface area contributed by atoms with E-state index in [0.717, 1.165) is 29.1 Å². The van der Waals surface area contributed by atoms with Crippen molar-refractivity contribution in [2.24, 2.45) is 0 Å². The molecule has 8 heteroatoms. The van der Waals surface area contributed by atoms with Crippen LogP contribution in [-0.4, -0.2) is 29.4 Å². The molecule has 0 unspecified atom stereocenters. The first-order valence-electron chi connectivity index (χ1n) is 7.50. The number of aromatic nitrogens is 2. The molecule has 2 aromatic rings. The Hall–Kier alpha value is -1.83. The fourth-order valence-electron chi connectivity index (χ4n) is 2.58. The summed E-state index contributed by atoms with van der Waals surface area (Å²) in [4.78, 5) is 1.92. The largest absolute Gasteiger partial charge is 0.490 e. The summed E-state index contributed by atoms with van der Waals surface area (Å²) in [6.45, 7) is 1.33. The fraction of sp³-hybridized carbons (Fsp3) is 0.375. The number of halogens is 4. The Bertz CT molecular complexity index is 686. The maximum absolute atomic E-state index is 12.5. The summed E-state index contributed by atoms with van der Waals surface area (Å²) in [5.41, 5.74) is -0.973. The van der Waals surface area contributed by atoms with Gasteiger partial charge in [0.1, 0.15) is 11.9 Å². The summed E-state index contributed by atoms with van der Waals surface area (Å²) < 4.78 is 44.4. The average molecular weight is 402 g/mol. The zero-order valence-electron chi connectivity index (χ0n) is 12.6. The molecular weight excluding hydrogens is 387 g/mol. The van der Waals surface area contributed by atoms with Gasteiger partial charge in [0, 0.05) is 30.4 Å². The lowest BCUT2D eigenvalue weighted by atomic mass is 10.1. The van der Waals surface area contributed by atoms with Gasteiger partial charge in [0.15, 0.2) is 11.5 Å². The van der Waals surface area contributed by atoms with Gasteiger partial charge in [-0.1, -0.05) is 22.0 Å². The van der Waals surface area contributed by atoms with Crippen LogP contribution in [0, 0.1) is 0 Å². The Morgan fingerprint density at radius 3 is 2.42 bits per heavy atom. The Labute approximate surface area is 145 Å². The van der Waals surface area contributed by atoms with Crippen LogP contribution in [0.3, 0.4) is 0 Å². The lowest BCUT2D eigenvalue weighted by Crippen LogP contribution is -2.38. The molecule has 1 aromatic carbocycles. The van der Waals surface area contributed by atoms with Gasteiger partial charge in [0.2, 0.25) is 0 Å². The zero-order chi connectivity index (χ0) is 17.2. The second-order valence-corrected chi connectivity index (χ2v) is 6.45. The van der Waals surface area contributed by atoms with Gasteiger partial charge in [-0.3, -0.25) is 0 Å². The van der Waals surface area contributed by atoms with E-state index in [0.29, 0.717) is 18.9 Å². The monoisotopic (exact) mass is 401 g/mol. The highest BCUT2D eigenvalue weighted by molar-refractivity contribution is 9.10. The first-order valence-corrected chi connectivity index (χ1v) is 8.29. The quantitative estimate of drug-likeness (QED) is 0.767. The highest BCUT2D eigenvalue weighted by atomic mass is 79.9. The summed E-state index contributed by atoms with van der Waals surface area (Å²) in [7, 11) is 0. The van der Waals surface area contributed by atoms with E-state index < -0.39 is 11.9 Å². The predicted octanol–water partition coefficient (Wildman–Crippen LogP) is 4.31. The number of hydrogen-bond donors (Lipinski definition) is 0. The van der Waals surface area contributed by atoms with Crippen molar-refractivity contribution < 1.29 is 17.9 Å². The summed E-state index contributed by atoms with van der Waals surface area (Å²) in [5, 5.41) is 6.97. The molecule has 0 atom stereocenters. The van der Waals surface area contributed by atoms with Crippen LogP contribution in [0.15, 0.2) is 40.9 Å². The van der Waals surface area contributed by atoms with Crippen LogP contribution >= 0.6 is 15.9 Å². The van der Waals surface area contributed by atoms with Gasteiger partial charge in [0.05, 0.1) is 0 Å². The summed E-state index contributed by atoms with van der Waals surface area (Å²) in [6, 6.07) is 9.98. The third-order valence-electron chi connectivity index (χ3n) is 3.81. The number of alkyl halides is 3. The van der Waals surface area contributed by atoms with Crippen molar-refractivity contribution in [2.75, 3.05) is 18.0 Å². The van der Waals surface area contributed by atoms with E-state index >= 15 is 0 Å². The van der Waals surface area contributed by atoms with E-state index in [9.17, 15) is 13.2 Å². The molecule has 4 nitrogen and oxygen atoms in total. The molecule has 24 heavy (non-hydrogen) atoms. The molecule has 0 aliphatic carbocycles. The first kappa shape index (κ1) is 17.0. The molecule has 0 amide bonds. The van der Waals surface area contributed by atoms with Crippen LogP contribution in [0.1, 0.15) is 18.5 Å². The molecule has 0 bridgehead atoms. The number of hydrogen-bond acceptors (Lipinski definition) is 4. The predicted molar refractivity (Wildman–Crippen MR) is 87.0 cm³/mol. The van der Waals surface area contributed by atoms with Gasteiger partial charge in [-0.25, -0.2) is 0 Å². The smallest absolute Gasteiger partial charge is 0.435 e. The van der Waals surface area contributed by atoms with Crippen molar-refractivity contribution in [3.05, 3.63) is 46.6 Å². The molecule has 0 spiro atoms. The van der Waals surface area contributed by atoms with Crippen LogP contribution < -0.4 is 9.64 Å². The molecule has 0 radical (unpaired) electrons. The molecule has 128 valence electrons. The third-order valence-corrected chi connectivity index (χ3v) is 4.30. The van der Waals surface area contributed by atoms with E-state index in [-0.39, 0.29) is 6.10 Å². The summed E-state index contributed by atoms with van der Waals surface area (Å²) in [5.74, 6) is 1.26. The van der Waals surface area contributed by atoms with Crippen LogP contribution in [0.25, 0.3) is 0 Å². The number of rotatable bonds is 3. The minimum Gasteiger partial charge on any atom is -0.490 e. The molecular formula is C16H15BrF3N3O. The van der Waals surface area contributed by atoms with Crippen LogP contribution in [-0.2, 0) is 6.18 Å². The van der Waals surface area contributed by atoms with Crippen molar-refractivity contribution in [1.29, 1.82) is 0 Å². The molecule has 1 fully saturated rings. The molecule has 3 rings (SSSR count). The molecule has 0 saturated carbocycles. The lowest BCUT2D eigenvalue weighted by molar-refractivity contribution is -0.141. The van der Waals surface area contributed by atoms with Crippen molar-refractivity contribution >= 4 is 21.7 Å². The van der Waals surface area contributed by atoms with E-state index in [1.807, 2.05) is 29.2 Å². The van der Waals surface area contributed by atoms with Crippen molar-refractivity contribution in [3.63, 3.8) is 0 Å². The second kappa shape index (κ2) is 6.96. The number of anilines is 1. The number of ether oxygens (including phenoxy) is 1. The van der Waals surface area contributed by atoms with Crippen molar-refractivity contribution in [2.45, 2.75) is 25.1 Å². The normalized spacial score (nSPS) is 16.2. The molecule has 0 N–H and O–H groups in total. The van der Waals surface area contributed by atoms with Gasteiger partial charge in [-0.2, -0.15) is 13.2 Å². The molecule has 1 aliphatic rings. The molecule has 1 saturated heterocycles. The zero-order valence-corrected chi connectivity index (χ0v) is 14.2. The Morgan fingerprint density at radius 1 is 1.08 bits per heavy atom. The van der Waals surface area contributed by atoms with Crippen molar-refractivity contribution in [1.82, 2.24) is 10.2 Å². The highest BCUT2D eigenvalue weighted by Gasteiger charge is 2.33. The van der Waals surface area contributed by atoms with E-state index in [1.54, 1.807) is 0 Å². The van der Waals surface area contributed by atoms with Gasteiger partial charge >= 0.3 is 6.18 Å². The summed E-state index contributed by atoms with van der Waals surface area (Å²) >= 11 is 3.40. The Balaban J connectivity index is 1.57. The number of benzene rings is 1. The van der Waals surface area contributed by atoms with Gasteiger partial charge in [-0.05, 0) is 30.3 Å². The fourth-order valence-corrected chi connectivity index (χ4v) is 2.96. The minimum absolute atomic E-state index is 0.0814. The summed E-state index contributed by atoms with van der Waals surface area (Å²) in [6.07, 6.45) is -2.83. The topological polar surface area (TPSA) is 38.2 Å². The molecule has 1 aromatic heterocycles. The SMILES string of the molecule is FC(F)(F)c1ccc(N2CCC(Oc3cccc(Br)c3)CC2)nn1. The third kappa shape index (κ3) is 4.17. The van der Waals surface area contributed by atoms with Crippen LogP contribution in [0.5, 0.6) is 5.75 Å². The molecule has 2 heterocycles. The van der Waals surface area contributed by atoms with E-state index in [2.05, 4.69) is 26.1 Å². The highest BCUT2D eigenvalue weighted by Crippen LogP contribution is 2.28. The standard InChI is InChI=1S/C16H15BrF3N3O/c17-11-2-1-3-13(10-11)24-12-6-8-23(9-7-12)15-5-4-14(21-22-15)16(18,19)20/h1-5,10,12H,6-9H2. The van der Waals surface area contributed by atoms with E-state index in [4.69, 9.17) is 4.74 Å². The van der Waals surface area contributed by atoms with Crippen LogP contribution in [0.2, 0.25) is 0 Å². The molecule has 1 aliphatic heterocycles. The maximum Gasteiger partial charge on any atom is 0.435 e. The minimum atomic E-state index is -4.46. The Morgan fingerprint density at radius 2 is 1.83 bits per heavy atom. The van der Waals surface area contributed by atoms with Gasteiger partial charge in [-0.15, -0.1) is 10.2 Å². The lowest BCUT2D eigenvalue weighted by Gasteiger charge is -2.32. The average Bonchev–Trinajstić information content (AvgIpc) is 2.55. The van der Waals surface area contributed by atoms with E-state index in [1.165, 1.54) is 6.07 Å². The van der Waals surface area contributed by atoms with Gasteiger partial charge < -0.3 is 9.64 Å². The van der Waals surface area contributed by atoms with Crippen LogP contribution in [0.4, 0.5) is 19.0 Å². The second-order valence-electron chi connectivity index (χ2n) is 5.54. The number of nitrogens with zero attached hydrogens (tertiary/aromatic N) is 3. The Kier molecular flexibility index (Phi) is 4.93. The van der Waals surface area contributed by atoms with Gasteiger partial charge in [0.25, 0.3) is 0 Å². The maximum atomic E-state index is 12.5. The first-order chi connectivity index (χ1) is 11.4. The number of piperidine rings is 1.